The van der Waals surface area contributed by atoms with Crippen molar-refractivity contribution in [2.24, 2.45) is 0 Å². The fraction of sp³-hybridized carbons (Fsp3) is 0.0588. The molecule has 4 rings (SSSR count). The van der Waals surface area contributed by atoms with Crippen LogP contribution in [0.15, 0.2) is 62.8 Å². The lowest BCUT2D eigenvalue weighted by Crippen LogP contribution is -2.33. The number of carbonyl (C=O) groups is 1. The van der Waals surface area contributed by atoms with Crippen LogP contribution in [0.4, 0.5) is 0 Å². The Balaban J connectivity index is 1.71. The monoisotopic (exact) mass is 413 g/mol. The fourth-order valence-electron chi connectivity index (χ4n) is 2.47. The van der Waals surface area contributed by atoms with Gasteiger partial charge >= 0.3 is 5.91 Å². The molecule has 9 heteroatoms. The number of benzene rings is 1. The number of aryl methyl sites for hydroxylation is 1. The lowest BCUT2D eigenvalue weighted by molar-refractivity contribution is 0.0979. The van der Waals surface area contributed by atoms with Crippen LogP contribution in [0.1, 0.15) is 16.1 Å². The Morgan fingerprint density at radius 1 is 1.19 bits per heavy atom. The summed E-state index contributed by atoms with van der Waals surface area (Å²) in [6, 6.07) is 10.8. The number of hydrogen-bond acceptors (Lipinski definition) is 5. The van der Waals surface area contributed by atoms with Crippen molar-refractivity contribution >= 4 is 32.9 Å². The van der Waals surface area contributed by atoms with Gasteiger partial charge in [0.2, 0.25) is 0 Å². The van der Waals surface area contributed by atoms with Gasteiger partial charge in [0.15, 0.2) is 16.1 Å². The summed E-state index contributed by atoms with van der Waals surface area (Å²) >= 11 is 3.12. The summed E-state index contributed by atoms with van der Waals surface area (Å²) in [5, 5.41) is 4.53. The van der Waals surface area contributed by atoms with Gasteiger partial charge in [-0.1, -0.05) is 17.7 Å². The van der Waals surface area contributed by atoms with Crippen molar-refractivity contribution in [3.63, 3.8) is 0 Å². The first-order valence-corrected chi connectivity index (χ1v) is 8.41. The Labute approximate surface area is 155 Å². The van der Waals surface area contributed by atoms with E-state index in [1.165, 1.54) is 18.6 Å². The standard InChI is InChI=1S/C17H12BrN5O3/c1-10-2-4-11(5-3-10)23-15-12(8-20-23)17(25)22(9-19-15)21-16(24)13-6-7-14(18)26-13/h2-9H,1H3,(H,21,24). The molecule has 0 saturated heterocycles. The van der Waals surface area contributed by atoms with Crippen molar-refractivity contribution in [1.82, 2.24) is 19.4 Å². The average molecular weight is 414 g/mol. The Morgan fingerprint density at radius 3 is 2.65 bits per heavy atom. The van der Waals surface area contributed by atoms with E-state index in [9.17, 15) is 9.59 Å². The van der Waals surface area contributed by atoms with E-state index in [4.69, 9.17) is 4.42 Å². The van der Waals surface area contributed by atoms with Crippen molar-refractivity contribution in [2.75, 3.05) is 5.43 Å². The van der Waals surface area contributed by atoms with Crippen molar-refractivity contribution < 1.29 is 9.21 Å². The molecule has 0 spiro atoms. The Bertz CT molecular complexity index is 1170. The maximum atomic E-state index is 12.6. The molecule has 130 valence electrons. The predicted molar refractivity (Wildman–Crippen MR) is 98.0 cm³/mol. The van der Waals surface area contributed by atoms with Crippen molar-refractivity contribution in [1.29, 1.82) is 0 Å². The molecule has 3 heterocycles. The van der Waals surface area contributed by atoms with E-state index in [-0.39, 0.29) is 11.1 Å². The summed E-state index contributed by atoms with van der Waals surface area (Å²) in [7, 11) is 0. The zero-order chi connectivity index (χ0) is 18.3. The van der Waals surface area contributed by atoms with Crippen LogP contribution in [0.25, 0.3) is 16.7 Å². The molecule has 0 unspecified atom stereocenters. The number of rotatable bonds is 3. The number of hydrogen-bond donors (Lipinski definition) is 1. The lowest BCUT2D eigenvalue weighted by atomic mass is 10.2. The number of fused-ring (bicyclic) bond motifs is 1. The Kier molecular flexibility index (Phi) is 3.92. The third-order valence-corrected chi connectivity index (χ3v) is 4.21. The number of aromatic nitrogens is 4. The van der Waals surface area contributed by atoms with Crippen LogP contribution in [0, 0.1) is 6.92 Å². The molecular weight excluding hydrogens is 402 g/mol. The van der Waals surface area contributed by atoms with Crippen LogP contribution < -0.4 is 11.0 Å². The van der Waals surface area contributed by atoms with Gasteiger partial charge in [0.25, 0.3) is 5.56 Å². The van der Waals surface area contributed by atoms with Crippen molar-refractivity contribution in [2.45, 2.75) is 6.92 Å². The minimum absolute atomic E-state index is 0.0687. The highest BCUT2D eigenvalue weighted by Crippen LogP contribution is 2.15. The maximum absolute atomic E-state index is 12.6. The van der Waals surface area contributed by atoms with Crippen molar-refractivity contribution in [3.05, 3.63) is 75.3 Å². The van der Waals surface area contributed by atoms with Gasteiger partial charge in [-0.2, -0.15) is 5.10 Å². The number of nitrogens with zero attached hydrogens (tertiary/aromatic N) is 4. The third-order valence-electron chi connectivity index (χ3n) is 3.79. The molecule has 0 aliphatic carbocycles. The van der Waals surface area contributed by atoms with Crippen molar-refractivity contribution in [3.8, 4) is 5.69 Å². The molecule has 4 aromatic rings. The van der Waals surface area contributed by atoms with Gasteiger partial charge in [-0.15, -0.1) is 0 Å². The number of carbonyl (C=O) groups excluding carboxylic acids is 1. The Hall–Kier alpha value is -3.20. The van der Waals surface area contributed by atoms with Gasteiger partial charge < -0.3 is 4.42 Å². The number of furan rings is 1. The van der Waals surface area contributed by atoms with E-state index >= 15 is 0 Å². The maximum Gasteiger partial charge on any atom is 0.305 e. The summed E-state index contributed by atoms with van der Waals surface area (Å²) in [5.41, 5.74) is 4.32. The lowest BCUT2D eigenvalue weighted by Gasteiger charge is -2.07. The molecule has 0 radical (unpaired) electrons. The highest BCUT2D eigenvalue weighted by atomic mass is 79.9. The second-order valence-corrected chi connectivity index (χ2v) is 6.38. The normalized spacial score (nSPS) is 11.0. The fourth-order valence-corrected chi connectivity index (χ4v) is 2.77. The summed E-state index contributed by atoms with van der Waals surface area (Å²) in [6.45, 7) is 1.99. The van der Waals surface area contributed by atoms with E-state index in [0.717, 1.165) is 15.9 Å². The zero-order valence-electron chi connectivity index (χ0n) is 13.5. The molecule has 1 N–H and O–H groups in total. The highest BCUT2D eigenvalue weighted by Gasteiger charge is 2.15. The molecule has 1 aromatic carbocycles. The molecule has 26 heavy (non-hydrogen) atoms. The van der Waals surface area contributed by atoms with Gasteiger partial charge in [-0.05, 0) is 47.1 Å². The van der Waals surface area contributed by atoms with Gasteiger partial charge in [0.1, 0.15) is 11.7 Å². The zero-order valence-corrected chi connectivity index (χ0v) is 15.1. The van der Waals surface area contributed by atoms with Gasteiger partial charge in [0, 0.05) is 0 Å². The molecule has 0 aliphatic rings. The van der Waals surface area contributed by atoms with Crippen LogP contribution in [0.2, 0.25) is 0 Å². The minimum Gasteiger partial charge on any atom is -0.444 e. The molecular formula is C17H12BrN5O3. The van der Waals surface area contributed by atoms with E-state index in [0.29, 0.717) is 10.3 Å². The summed E-state index contributed by atoms with van der Waals surface area (Å²) in [6.07, 6.45) is 2.67. The second-order valence-electron chi connectivity index (χ2n) is 5.59. The molecule has 0 atom stereocenters. The number of nitrogens with one attached hydrogen (secondary N) is 1. The SMILES string of the molecule is Cc1ccc(-n2ncc3c(=O)n(NC(=O)c4ccc(Br)o4)cnc32)cc1. The smallest absolute Gasteiger partial charge is 0.305 e. The summed E-state index contributed by atoms with van der Waals surface area (Å²) in [5.74, 6) is -0.496. The van der Waals surface area contributed by atoms with E-state index < -0.39 is 11.5 Å². The molecule has 0 bridgehead atoms. The van der Waals surface area contributed by atoms with Crippen LogP contribution in [-0.4, -0.2) is 25.3 Å². The first kappa shape index (κ1) is 16.3. The van der Waals surface area contributed by atoms with E-state index in [1.54, 1.807) is 10.7 Å². The van der Waals surface area contributed by atoms with Gasteiger partial charge in [0.05, 0.1) is 11.9 Å². The highest BCUT2D eigenvalue weighted by molar-refractivity contribution is 9.10. The largest absolute Gasteiger partial charge is 0.444 e. The van der Waals surface area contributed by atoms with Crippen LogP contribution in [0.3, 0.4) is 0 Å². The van der Waals surface area contributed by atoms with Gasteiger partial charge in [-0.3, -0.25) is 15.0 Å². The first-order valence-electron chi connectivity index (χ1n) is 7.62. The topological polar surface area (TPSA) is 95.0 Å². The average Bonchev–Trinajstić information content (AvgIpc) is 3.25. The van der Waals surface area contributed by atoms with Crippen LogP contribution in [0.5, 0.6) is 0 Å². The molecule has 8 nitrogen and oxygen atoms in total. The van der Waals surface area contributed by atoms with E-state index in [2.05, 4.69) is 31.4 Å². The molecule has 0 aliphatic heterocycles. The Morgan fingerprint density at radius 2 is 1.96 bits per heavy atom. The van der Waals surface area contributed by atoms with Crippen LogP contribution in [-0.2, 0) is 0 Å². The molecule has 3 aromatic heterocycles. The molecule has 0 fully saturated rings. The third kappa shape index (κ3) is 2.82. The summed E-state index contributed by atoms with van der Waals surface area (Å²) in [4.78, 5) is 29.0. The van der Waals surface area contributed by atoms with E-state index in [1.807, 2.05) is 31.2 Å². The molecule has 0 saturated carbocycles. The summed E-state index contributed by atoms with van der Waals surface area (Å²) < 4.78 is 8.17. The first-order chi connectivity index (χ1) is 12.5. The minimum atomic E-state index is -0.565. The molecule has 1 amide bonds. The number of amides is 1. The second kappa shape index (κ2) is 6.26. The quantitative estimate of drug-likeness (QED) is 0.556. The predicted octanol–water partition coefficient (Wildman–Crippen LogP) is 2.63. The van der Waals surface area contributed by atoms with Gasteiger partial charge in [-0.25, -0.2) is 14.3 Å². The van der Waals surface area contributed by atoms with Crippen LogP contribution >= 0.6 is 15.9 Å². The number of halogens is 1.